The first-order chi connectivity index (χ1) is 11.8. The van der Waals surface area contributed by atoms with E-state index < -0.39 is 5.54 Å². The highest BCUT2D eigenvalue weighted by molar-refractivity contribution is 6.46. The van der Waals surface area contributed by atoms with Gasteiger partial charge in [-0.1, -0.05) is 42.5 Å². The van der Waals surface area contributed by atoms with Gasteiger partial charge >= 0.3 is 0 Å². The second-order valence-corrected chi connectivity index (χ2v) is 5.38. The van der Waals surface area contributed by atoms with Crippen LogP contribution in [0, 0.1) is 0 Å². The molecule has 4 rings (SSSR count). The van der Waals surface area contributed by atoms with Crippen molar-refractivity contribution in [3.05, 3.63) is 72.6 Å². The number of carbonyl (C=O) groups is 1. The number of nitrogens with zero attached hydrogens (tertiary/aromatic N) is 4. The first-order valence-electron chi connectivity index (χ1n) is 7.47. The van der Waals surface area contributed by atoms with Gasteiger partial charge in [0.25, 0.3) is 0 Å². The molecule has 2 heterocycles. The molecule has 0 fully saturated rings. The average Bonchev–Trinajstić information content (AvgIpc) is 2.97. The third-order valence-corrected chi connectivity index (χ3v) is 3.98. The van der Waals surface area contributed by atoms with E-state index >= 15 is 0 Å². The van der Waals surface area contributed by atoms with Gasteiger partial charge in [0, 0.05) is 18.0 Å². The second-order valence-electron chi connectivity index (χ2n) is 5.38. The fourth-order valence-corrected chi connectivity index (χ4v) is 2.83. The van der Waals surface area contributed by atoms with Crippen LogP contribution in [-0.4, -0.2) is 17.8 Å². The van der Waals surface area contributed by atoms with E-state index in [4.69, 9.17) is 0 Å². The summed E-state index contributed by atoms with van der Waals surface area (Å²) in [6, 6.07) is 13.6. The van der Waals surface area contributed by atoms with E-state index in [0.29, 0.717) is 0 Å². The largest absolute Gasteiger partial charge is 0.344 e. The molecule has 6 nitrogen and oxygen atoms in total. The zero-order chi connectivity index (χ0) is 16.4. The summed E-state index contributed by atoms with van der Waals surface area (Å²) in [6.45, 7) is 0. The molecule has 0 bridgehead atoms. The Balaban J connectivity index is 1.91. The SMILES string of the molecule is O=C(C1=NC=CC=CN1)C1(c2cccc3ccccc23)C=NN=N1. The van der Waals surface area contributed by atoms with Crippen LogP contribution in [0.5, 0.6) is 0 Å². The quantitative estimate of drug-likeness (QED) is 0.944. The molecule has 0 spiro atoms. The number of rotatable bonds is 3. The minimum absolute atomic E-state index is 0.195. The van der Waals surface area contributed by atoms with Gasteiger partial charge < -0.3 is 5.32 Å². The maximum absolute atomic E-state index is 13.2. The Kier molecular flexibility index (Phi) is 3.35. The van der Waals surface area contributed by atoms with Crippen molar-refractivity contribution in [2.24, 2.45) is 20.4 Å². The van der Waals surface area contributed by atoms with Gasteiger partial charge in [0.2, 0.25) is 11.3 Å². The maximum Gasteiger partial charge on any atom is 0.237 e. The first kappa shape index (κ1) is 14.2. The van der Waals surface area contributed by atoms with Gasteiger partial charge in [-0.3, -0.25) is 4.79 Å². The molecule has 24 heavy (non-hydrogen) atoms. The summed E-state index contributed by atoms with van der Waals surface area (Å²) < 4.78 is 0. The molecule has 1 N–H and O–H groups in total. The lowest BCUT2D eigenvalue weighted by Crippen LogP contribution is -2.43. The Morgan fingerprint density at radius 1 is 1.04 bits per heavy atom. The Labute approximate surface area is 138 Å². The van der Waals surface area contributed by atoms with Crippen molar-refractivity contribution < 1.29 is 4.79 Å². The third-order valence-electron chi connectivity index (χ3n) is 3.98. The van der Waals surface area contributed by atoms with Gasteiger partial charge in [-0.05, 0) is 28.1 Å². The number of hydrogen-bond donors (Lipinski definition) is 1. The predicted octanol–water partition coefficient (Wildman–Crippen LogP) is 3.08. The normalized spacial score (nSPS) is 21.6. The van der Waals surface area contributed by atoms with Crippen LogP contribution in [-0.2, 0) is 10.3 Å². The van der Waals surface area contributed by atoms with E-state index in [1.165, 1.54) is 6.21 Å². The van der Waals surface area contributed by atoms with Crippen LogP contribution in [0.2, 0.25) is 0 Å². The molecule has 0 radical (unpaired) electrons. The Bertz CT molecular complexity index is 951. The molecule has 0 aromatic heterocycles. The van der Waals surface area contributed by atoms with E-state index in [1.807, 2.05) is 42.5 Å². The molecule has 0 amide bonds. The van der Waals surface area contributed by atoms with Crippen molar-refractivity contribution in [3.63, 3.8) is 0 Å². The van der Waals surface area contributed by atoms with Crippen LogP contribution in [0.15, 0.2) is 87.4 Å². The topological polar surface area (TPSA) is 78.5 Å². The number of carbonyl (C=O) groups excluding carboxylic acids is 1. The fourth-order valence-electron chi connectivity index (χ4n) is 2.83. The lowest BCUT2D eigenvalue weighted by Gasteiger charge is -2.22. The number of ketones is 1. The minimum atomic E-state index is -1.31. The van der Waals surface area contributed by atoms with E-state index in [0.717, 1.165) is 16.3 Å². The van der Waals surface area contributed by atoms with E-state index in [2.05, 4.69) is 25.7 Å². The number of amidine groups is 1. The van der Waals surface area contributed by atoms with Gasteiger partial charge in [0.15, 0.2) is 5.84 Å². The molecule has 0 aliphatic carbocycles. The van der Waals surface area contributed by atoms with Crippen LogP contribution in [0.25, 0.3) is 10.8 Å². The first-order valence-corrected chi connectivity index (χ1v) is 7.47. The van der Waals surface area contributed by atoms with E-state index in [1.54, 1.807) is 24.6 Å². The second kappa shape index (κ2) is 5.66. The van der Waals surface area contributed by atoms with Gasteiger partial charge in [-0.2, -0.15) is 0 Å². The lowest BCUT2D eigenvalue weighted by molar-refractivity contribution is -0.115. The third kappa shape index (κ3) is 2.16. The zero-order valence-electron chi connectivity index (χ0n) is 12.6. The van der Waals surface area contributed by atoms with Crippen LogP contribution >= 0.6 is 0 Å². The summed E-state index contributed by atoms with van der Waals surface area (Å²) in [6.07, 6.45) is 8.18. The highest BCUT2D eigenvalue weighted by Crippen LogP contribution is 2.34. The highest BCUT2D eigenvalue weighted by Gasteiger charge is 2.45. The summed E-state index contributed by atoms with van der Waals surface area (Å²) in [4.78, 5) is 17.4. The van der Waals surface area contributed by atoms with Crippen LogP contribution in [0.4, 0.5) is 0 Å². The standard InChI is InChI=1S/C18H13N5O/c24-16(17-19-10-3-4-11-20-17)18(12-21-23-22-18)15-9-5-7-13-6-1-2-8-14(13)15/h1-12H,(H,19,20). The Morgan fingerprint density at radius 3 is 2.79 bits per heavy atom. The number of fused-ring (bicyclic) bond motifs is 1. The average molecular weight is 315 g/mol. The van der Waals surface area contributed by atoms with Gasteiger partial charge in [0.05, 0.1) is 6.21 Å². The highest BCUT2D eigenvalue weighted by atomic mass is 16.1. The molecule has 6 heteroatoms. The summed E-state index contributed by atoms with van der Waals surface area (Å²) in [7, 11) is 0. The lowest BCUT2D eigenvalue weighted by atomic mass is 9.84. The maximum atomic E-state index is 13.2. The molecular weight excluding hydrogens is 302 g/mol. The summed E-state index contributed by atoms with van der Waals surface area (Å²) in [5.74, 6) is -0.111. The Morgan fingerprint density at radius 2 is 1.92 bits per heavy atom. The molecule has 2 aromatic carbocycles. The van der Waals surface area contributed by atoms with Gasteiger partial charge in [-0.15, -0.1) is 10.2 Å². The Hall–Kier alpha value is -3.41. The van der Waals surface area contributed by atoms with Crippen LogP contribution in [0.3, 0.4) is 0 Å². The predicted molar refractivity (Wildman–Crippen MR) is 92.8 cm³/mol. The smallest absolute Gasteiger partial charge is 0.237 e. The number of allylic oxidation sites excluding steroid dienone is 2. The fraction of sp³-hybridized carbons (Fsp3) is 0.0556. The van der Waals surface area contributed by atoms with Crippen molar-refractivity contribution in [1.82, 2.24) is 5.32 Å². The molecule has 1 unspecified atom stereocenters. The molecule has 0 saturated carbocycles. The number of aliphatic imine (C=N–C) groups is 1. The molecule has 2 aliphatic rings. The molecule has 116 valence electrons. The molecular formula is C18H13N5O. The van der Waals surface area contributed by atoms with Gasteiger partial charge in [0.1, 0.15) is 0 Å². The molecule has 1 atom stereocenters. The number of benzene rings is 2. The van der Waals surface area contributed by atoms with E-state index in [9.17, 15) is 4.79 Å². The minimum Gasteiger partial charge on any atom is -0.344 e. The van der Waals surface area contributed by atoms with Crippen molar-refractivity contribution >= 4 is 28.6 Å². The van der Waals surface area contributed by atoms with E-state index in [-0.39, 0.29) is 11.6 Å². The number of nitrogens with one attached hydrogen (secondary N) is 1. The number of Topliss-reactive ketones (excluding diaryl/α,β-unsaturated/α-hetero) is 1. The zero-order valence-corrected chi connectivity index (χ0v) is 12.6. The summed E-state index contributed by atoms with van der Waals surface area (Å²) in [5, 5.41) is 16.6. The van der Waals surface area contributed by atoms with Crippen molar-refractivity contribution in [3.8, 4) is 0 Å². The molecule has 0 saturated heterocycles. The summed E-state index contributed by atoms with van der Waals surface area (Å²) in [5.41, 5.74) is -0.573. The summed E-state index contributed by atoms with van der Waals surface area (Å²) >= 11 is 0. The van der Waals surface area contributed by atoms with Crippen molar-refractivity contribution in [2.45, 2.75) is 5.54 Å². The monoisotopic (exact) mass is 315 g/mol. The molecule has 2 aliphatic heterocycles. The van der Waals surface area contributed by atoms with Crippen LogP contribution in [0.1, 0.15) is 5.56 Å². The van der Waals surface area contributed by atoms with Crippen molar-refractivity contribution in [2.75, 3.05) is 0 Å². The van der Waals surface area contributed by atoms with Crippen molar-refractivity contribution in [1.29, 1.82) is 0 Å². The van der Waals surface area contributed by atoms with Gasteiger partial charge in [-0.25, -0.2) is 4.99 Å². The molecule has 2 aromatic rings. The number of hydrogen-bond acceptors (Lipinski definition) is 6. The van der Waals surface area contributed by atoms with Crippen LogP contribution < -0.4 is 5.32 Å².